The second-order valence-corrected chi connectivity index (χ2v) is 9.33. The van der Waals surface area contributed by atoms with Crippen LogP contribution in [0.15, 0.2) is 58.1 Å². The summed E-state index contributed by atoms with van der Waals surface area (Å²) >= 11 is 4.56. The molecule has 1 aromatic carbocycles. The second kappa shape index (κ2) is 8.27. The van der Waals surface area contributed by atoms with E-state index in [1.54, 1.807) is 69.6 Å². The number of aromatic nitrogens is 2. The molecule has 0 spiro atoms. The topological polar surface area (TPSA) is 75.8 Å². The van der Waals surface area contributed by atoms with E-state index in [0.717, 1.165) is 21.4 Å². The van der Waals surface area contributed by atoms with E-state index in [1.807, 2.05) is 12.1 Å². The maximum atomic E-state index is 13.3. The van der Waals surface area contributed by atoms with Crippen LogP contribution >= 0.6 is 27.3 Å². The number of carbonyl (C=O) groups excluding carboxylic acids is 1. The number of pyridine rings is 1. The largest absolute Gasteiger partial charge is 0.293 e. The summed E-state index contributed by atoms with van der Waals surface area (Å²) in [7, 11) is 0. The fourth-order valence-electron chi connectivity index (χ4n) is 2.68. The maximum absolute atomic E-state index is 13.3. The van der Waals surface area contributed by atoms with Gasteiger partial charge in [-0.3, -0.25) is 19.1 Å². The first-order valence-electron chi connectivity index (χ1n) is 8.81. The van der Waals surface area contributed by atoms with Crippen molar-refractivity contribution >= 4 is 44.7 Å². The Morgan fingerprint density at radius 2 is 1.93 bits per heavy atom. The van der Waals surface area contributed by atoms with E-state index in [0.29, 0.717) is 14.9 Å². The van der Waals surface area contributed by atoms with Crippen LogP contribution in [0.25, 0.3) is 17.3 Å². The Balaban J connectivity index is 2.45. The number of carbonyl (C=O) groups is 1. The molecule has 0 aliphatic carbocycles. The Labute approximate surface area is 180 Å². The smallest absolute Gasteiger partial charge is 0.273 e. The van der Waals surface area contributed by atoms with Crippen LogP contribution in [-0.4, -0.2) is 15.3 Å². The average Bonchev–Trinajstić information content (AvgIpc) is 2.98. The molecule has 0 atom stereocenters. The minimum absolute atomic E-state index is 0.0195. The molecule has 0 unspecified atom stereocenters. The van der Waals surface area contributed by atoms with Crippen LogP contribution < -0.4 is 14.8 Å². The van der Waals surface area contributed by atoms with Gasteiger partial charge in [-0.1, -0.05) is 42.8 Å². The molecule has 0 fully saturated rings. The third kappa shape index (κ3) is 4.44. The van der Waals surface area contributed by atoms with E-state index in [-0.39, 0.29) is 16.9 Å². The van der Waals surface area contributed by atoms with Gasteiger partial charge < -0.3 is 0 Å². The molecule has 0 radical (unpaired) electrons. The number of hydrogen-bond acceptors (Lipinski definition) is 5. The summed E-state index contributed by atoms with van der Waals surface area (Å²) in [5.41, 5.74) is 0.345. The van der Waals surface area contributed by atoms with Gasteiger partial charge in [0.1, 0.15) is 16.3 Å². The zero-order valence-corrected chi connectivity index (χ0v) is 18.5. The van der Waals surface area contributed by atoms with Gasteiger partial charge in [0.25, 0.3) is 5.56 Å². The molecule has 5 nitrogen and oxygen atoms in total. The lowest BCUT2D eigenvalue weighted by Gasteiger charge is -2.15. The first kappa shape index (κ1) is 20.9. The van der Waals surface area contributed by atoms with E-state index in [1.165, 1.54) is 4.57 Å². The van der Waals surface area contributed by atoms with Crippen molar-refractivity contribution in [2.24, 2.45) is 5.41 Å². The lowest BCUT2D eigenvalue weighted by Crippen LogP contribution is -2.33. The molecule has 0 aliphatic rings. The van der Waals surface area contributed by atoms with E-state index < -0.39 is 5.41 Å². The van der Waals surface area contributed by atoms with Gasteiger partial charge in [0.05, 0.1) is 10.2 Å². The van der Waals surface area contributed by atoms with Crippen LogP contribution in [-0.2, 0) is 4.79 Å². The van der Waals surface area contributed by atoms with E-state index in [2.05, 4.69) is 20.9 Å². The standard InChI is InChI=1S/C22H18BrN3O2S/c1-22(2,3)19(27)17(13-24)21-26(16-6-4-5-15(23)12-16)20(28)18(29-21)11-14-7-9-25-10-8-14/h4-12H,1-3H3/b18-11+,21-17-. The van der Waals surface area contributed by atoms with Crippen LogP contribution in [0.2, 0.25) is 0 Å². The first-order chi connectivity index (χ1) is 13.7. The van der Waals surface area contributed by atoms with Gasteiger partial charge in [-0.15, -0.1) is 11.3 Å². The Kier molecular flexibility index (Phi) is 5.96. The predicted octanol–water partition coefficient (Wildman–Crippen LogP) is 3.17. The number of hydrogen-bond donors (Lipinski definition) is 0. The van der Waals surface area contributed by atoms with Crippen molar-refractivity contribution in [3.63, 3.8) is 0 Å². The maximum Gasteiger partial charge on any atom is 0.273 e. The van der Waals surface area contributed by atoms with Crippen molar-refractivity contribution in [2.75, 3.05) is 0 Å². The molecule has 0 amide bonds. The van der Waals surface area contributed by atoms with Crippen molar-refractivity contribution < 1.29 is 4.79 Å². The van der Waals surface area contributed by atoms with Crippen molar-refractivity contribution in [2.45, 2.75) is 20.8 Å². The predicted molar refractivity (Wildman–Crippen MR) is 118 cm³/mol. The van der Waals surface area contributed by atoms with Crippen molar-refractivity contribution in [1.82, 2.24) is 9.55 Å². The Bertz CT molecular complexity index is 1290. The molecule has 0 aliphatic heterocycles. The molecular formula is C22H18BrN3O2S. The summed E-state index contributed by atoms with van der Waals surface area (Å²) in [5.74, 6) is -0.305. The highest BCUT2D eigenvalue weighted by Crippen LogP contribution is 2.20. The van der Waals surface area contributed by atoms with Gasteiger partial charge in [-0.2, -0.15) is 5.26 Å². The number of rotatable bonds is 3. The van der Waals surface area contributed by atoms with Gasteiger partial charge in [0.2, 0.25) is 0 Å². The molecular weight excluding hydrogens is 450 g/mol. The average molecular weight is 468 g/mol. The highest BCUT2D eigenvalue weighted by Gasteiger charge is 2.27. The lowest BCUT2D eigenvalue weighted by molar-refractivity contribution is -0.120. The number of Topliss-reactive ketones (excluding diaryl/α,β-unsaturated/α-hetero) is 1. The van der Waals surface area contributed by atoms with Gasteiger partial charge in [0, 0.05) is 22.3 Å². The Hall–Kier alpha value is -2.82. The van der Waals surface area contributed by atoms with Gasteiger partial charge >= 0.3 is 0 Å². The summed E-state index contributed by atoms with van der Waals surface area (Å²) in [6.07, 6.45) is 5.02. The van der Waals surface area contributed by atoms with Gasteiger partial charge in [0.15, 0.2) is 5.78 Å². The molecule has 2 heterocycles. The van der Waals surface area contributed by atoms with Gasteiger partial charge in [-0.25, -0.2) is 0 Å². The van der Waals surface area contributed by atoms with Crippen LogP contribution in [0.4, 0.5) is 0 Å². The van der Waals surface area contributed by atoms with Crippen molar-refractivity contribution in [1.29, 1.82) is 5.26 Å². The van der Waals surface area contributed by atoms with Crippen molar-refractivity contribution in [3.8, 4) is 11.8 Å². The third-order valence-corrected chi connectivity index (χ3v) is 5.71. The number of thiazole rings is 1. The fourth-order valence-corrected chi connectivity index (χ4v) is 4.17. The summed E-state index contributed by atoms with van der Waals surface area (Å²) in [6.45, 7) is 5.27. The van der Waals surface area contributed by atoms with Crippen molar-refractivity contribution in [3.05, 3.63) is 78.4 Å². The number of benzene rings is 1. The fraction of sp³-hybridized carbons (Fsp3) is 0.182. The SMILES string of the molecule is CC(C)(C)C(=O)/C(C#N)=c1\s/c(=C/c2ccncc2)c(=O)n1-c1cccc(Br)c1. The summed E-state index contributed by atoms with van der Waals surface area (Å²) < 4.78 is 2.99. The van der Waals surface area contributed by atoms with Crippen LogP contribution in [0.5, 0.6) is 0 Å². The Morgan fingerprint density at radius 3 is 2.52 bits per heavy atom. The van der Waals surface area contributed by atoms with Gasteiger partial charge in [-0.05, 0) is 42.0 Å². The Morgan fingerprint density at radius 1 is 1.24 bits per heavy atom. The zero-order chi connectivity index (χ0) is 21.2. The molecule has 146 valence electrons. The van der Waals surface area contributed by atoms with Crippen LogP contribution in [0.1, 0.15) is 26.3 Å². The molecule has 0 saturated carbocycles. The highest BCUT2D eigenvalue weighted by atomic mass is 79.9. The minimum atomic E-state index is -0.748. The van der Waals surface area contributed by atoms with E-state index in [4.69, 9.17) is 0 Å². The summed E-state index contributed by atoms with van der Waals surface area (Å²) in [4.78, 5) is 30.2. The van der Waals surface area contributed by atoms with Crippen LogP contribution in [0, 0.1) is 16.7 Å². The first-order valence-corrected chi connectivity index (χ1v) is 10.4. The summed E-state index contributed by atoms with van der Waals surface area (Å²) in [5, 5.41) is 9.78. The number of halogens is 1. The minimum Gasteiger partial charge on any atom is -0.293 e. The molecule has 2 aromatic heterocycles. The molecule has 7 heteroatoms. The summed E-state index contributed by atoms with van der Waals surface area (Å²) in [6, 6.07) is 12.8. The highest BCUT2D eigenvalue weighted by molar-refractivity contribution is 9.10. The quantitative estimate of drug-likeness (QED) is 0.592. The third-order valence-electron chi connectivity index (χ3n) is 4.13. The lowest BCUT2D eigenvalue weighted by atomic mass is 9.87. The normalized spacial score (nSPS) is 13.1. The van der Waals surface area contributed by atoms with E-state index >= 15 is 0 Å². The zero-order valence-electron chi connectivity index (χ0n) is 16.1. The van der Waals surface area contributed by atoms with Crippen LogP contribution in [0.3, 0.4) is 0 Å². The molecule has 0 N–H and O–H groups in total. The molecule has 3 aromatic rings. The molecule has 29 heavy (non-hydrogen) atoms. The van der Waals surface area contributed by atoms with E-state index in [9.17, 15) is 14.9 Å². The molecule has 0 saturated heterocycles. The number of nitriles is 1. The second-order valence-electron chi connectivity index (χ2n) is 7.38. The molecule has 0 bridgehead atoms. The number of ketones is 1. The molecule has 3 rings (SSSR count). The monoisotopic (exact) mass is 467 g/mol. The number of nitrogens with zero attached hydrogens (tertiary/aromatic N) is 3.